The molecular weight excluding hydrogens is 238 g/mol. The van der Waals surface area contributed by atoms with Gasteiger partial charge < -0.3 is 10.6 Å². The first kappa shape index (κ1) is 13.9. The zero-order valence-corrected chi connectivity index (χ0v) is 12.0. The highest BCUT2D eigenvalue weighted by molar-refractivity contribution is 5.94. The van der Waals surface area contributed by atoms with Gasteiger partial charge in [-0.15, -0.1) is 0 Å². The van der Waals surface area contributed by atoms with E-state index in [0.29, 0.717) is 18.3 Å². The molecule has 1 unspecified atom stereocenters. The lowest BCUT2D eigenvalue weighted by molar-refractivity contribution is -0.119. The predicted molar refractivity (Wildman–Crippen MR) is 79.1 cm³/mol. The van der Waals surface area contributed by atoms with Crippen LogP contribution in [0.3, 0.4) is 0 Å². The molecule has 2 N–H and O–H groups in total. The second kappa shape index (κ2) is 5.61. The Balaban J connectivity index is 1.93. The van der Waals surface area contributed by atoms with E-state index < -0.39 is 0 Å². The summed E-state index contributed by atoms with van der Waals surface area (Å²) in [6, 6.07) is 7.86. The number of nitrogens with two attached hydrogens (primary N) is 1. The molecule has 1 aromatic carbocycles. The molecule has 1 amide bonds. The Kier molecular flexibility index (Phi) is 4.10. The lowest BCUT2D eigenvalue weighted by atomic mass is 10.2. The number of carbonyl (C=O) groups excluding carboxylic acids is 1. The number of hydrogen-bond donors (Lipinski definition) is 1. The minimum absolute atomic E-state index is 0.111. The summed E-state index contributed by atoms with van der Waals surface area (Å²) in [6.07, 6.45) is 2.60. The van der Waals surface area contributed by atoms with Crippen LogP contribution in [0.1, 0.15) is 19.8 Å². The normalized spacial score (nSPS) is 16.4. The van der Waals surface area contributed by atoms with E-state index in [0.717, 1.165) is 11.6 Å². The second-order valence-electron chi connectivity index (χ2n) is 5.54. The minimum atomic E-state index is 0.111. The molecule has 1 aromatic rings. The maximum atomic E-state index is 12.2. The predicted octanol–water partition coefficient (Wildman–Crippen LogP) is 1.96. The van der Waals surface area contributed by atoms with Crippen LogP contribution in [0.5, 0.6) is 0 Å². The standard InChI is InChI=1S/C15H23N3O/c1-11(12-4-5-12)17(2)10-15(19)18(3)14-8-6-13(16)7-9-14/h6-9,11-12H,4-5,10,16H2,1-3H3. The van der Waals surface area contributed by atoms with E-state index in [1.807, 2.05) is 38.4 Å². The van der Waals surface area contributed by atoms with Gasteiger partial charge in [0.25, 0.3) is 0 Å². The maximum absolute atomic E-state index is 12.2. The minimum Gasteiger partial charge on any atom is -0.399 e. The van der Waals surface area contributed by atoms with Gasteiger partial charge in [0.05, 0.1) is 6.54 Å². The van der Waals surface area contributed by atoms with Crippen molar-refractivity contribution in [2.24, 2.45) is 5.92 Å². The highest BCUT2D eigenvalue weighted by Gasteiger charge is 2.31. The third kappa shape index (κ3) is 3.47. The van der Waals surface area contributed by atoms with Gasteiger partial charge in [0, 0.05) is 24.5 Å². The highest BCUT2D eigenvalue weighted by atomic mass is 16.2. The molecule has 0 aliphatic heterocycles. The summed E-state index contributed by atoms with van der Waals surface area (Å²) >= 11 is 0. The van der Waals surface area contributed by atoms with Gasteiger partial charge in [-0.1, -0.05) is 0 Å². The molecule has 0 spiro atoms. The summed E-state index contributed by atoms with van der Waals surface area (Å²) in [6.45, 7) is 2.66. The van der Waals surface area contributed by atoms with Gasteiger partial charge in [-0.05, 0) is 57.0 Å². The monoisotopic (exact) mass is 261 g/mol. The first-order valence-electron chi connectivity index (χ1n) is 6.81. The average Bonchev–Trinajstić information content (AvgIpc) is 3.22. The number of amides is 1. The van der Waals surface area contributed by atoms with Crippen molar-refractivity contribution < 1.29 is 4.79 Å². The summed E-state index contributed by atoms with van der Waals surface area (Å²) in [4.78, 5) is 16.1. The van der Waals surface area contributed by atoms with Crippen molar-refractivity contribution >= 4 is 17.3 Å². The molecule has 2 rings (SSSR count). The second-order valence-corrected chi connectivity index (χ2v) is 5.54. The topological polar surface area (TPSA) is 49.6 Å². The molecule has 4 nitrogen and oxygen atoms in total. The molecule has 1 atom stereocenters. The van der Waals surface area contributed by atoms with Crippen molar-refractivity contribution in [3.8, 4) is 0 Å². The summed E-state index contributed by atoms with van der Waals surface area (Å²) in [5, 5.41) is 0. The number of nitrogens with zero attached hydrogens (tertiary/aromatic N) is 2. The van der Waals surface area contributed by atoms with Crippen LogP contribution in [-0.2, 0) is 4.79 Å². The SMILES string of the molecule is CC(C1CC1)N(C)CC(=O)N(C)c1ccc(N)cc1. The molecule has 1 fully saturated rings. The zero-order chi connectivity index (χ0) is 14.0. The largest absolute Gasteiger partial charge is 0.399 e. The maximum Gasteiger partial charge on any atom is 0.240 e. The first-order chi connectivity index (χ1) is 8.99. The molecular formula is C15H23N3O. The molecule has 1 aliphatic rings. The Labute approximate surface area is 115 Å². The van der Waals surface area contributed by atoms with Gasteiger partial charge in [0.1, 0.15) is 0 Å². The summed E-state index contributed by atoms with van der Waals surface area (Å²) in [5.41, 5.74) is 7.25. The Morgan fingerprint density at radius 3 is 2.42 bits per heavy atom. The van der Waals surface area contributed by atoms with Crippen molar-refractivity contribution in [3.05, 3.63) is 24.3 Å². The van der Waals surface area contributed by atoms with Crippen LogP contribution in [0, 0.1) is 5.92 Å². The smallest absolute Gasteiger partial charge is 0.240 e. The van der Waals surface area contributed by atoms with E-state index >= 15 is 0 Å². The highest BCUT2D eigenvalue weighted by Crippen LogP contribution is 2.34. The Bertz CT molecular complexity index is 439. The quantitative estimate of drug-likeness (QED) is 0.824. The number of hydrogen-bond acceptors (Lipinski definition) is 3. The van der Waals surface area contributed by atoms with Crippen LogP contribution in [0.4, 0.5) is 11.4 Å². The van der Waals surface area contributed by atoms with E-state index in [-0.39, 0.29) is 5.91 Å². The van der Waals surface area contributed by atoms with E-state index in [1.54, 1.807) is 4.90 Å². The van der Waals surface area contributed by atoms with Crippen LogP contribution in [0.2, 0.25) is 0 Å². The number of likely N-dealkylation sites (N-methyl/N-ethyl adjacent to an activating group) is 2. The van der Waals surface area contributed by atoms with Crippen molar-refractivity contribution in [1.82, 2.24) is 4.90 Å². The van der Waals surface area contributed by atoms with Crippen molar-refractivity contribution in [3.63, 3.8) is 0 Å². The average molecular weight is 261 g/mol. The van der Waals surface area contributed by atoms with Crippen LogP contribution in [-0.4, -0.2) is 37.5 Å². The van der Waals surface area contributed by atoms with Crippen LogP contribution >= 0.6 is 0 Å². The van der Waals surface area contributed by atoms with E-state index in [4.69, 9.17) is 5.73 Å². The Morgan fingerprint density at radius 1 is 1.32 bits per heavy atom. The number of nitrogen functional groups attached to an aromatic ring is 1. The van der Waals surface area contributed by atoms with E-state index in [9.17, 15) is 4.79 Å². The molecule has 0 aromatic heterocycles. The van der Waals surface area contributed by atoms with Crippen LogP contribution in [0.25, 0.3) is 0 Å². The van der Waals surface area contributed by atoms with Gasteiger partial charge >= 0.3 is 0 Å². The fourth-order valence-electron chi connectivity index (χ4n) is 2.24. The zero-order valence-electron chi connectivity index (χ0n) is 12.0. The molecule has 19 heavy (non-hydrogen) atoms. The molecule has 0 saturated heterocycles. The Hall–Kier alpha value is -1.55. The summed E-state index contributed by atoms with van der Waals surface area (Å²) in [5.74, 6) is 0.888. The lowest BCUT2D eigenvalue weighted by Crippen LogP contribution is -2.41. The van der Waals surface area contributed by atoms with E-state index in [1.165, 1.54) is 12.8 Å². The van der Waals surface area contributed by atoms with Crippen molar-refractivity contribution in [2.45, 2.75) is 25.8 Å². The molecule has 0 radical (unpaired) electrons. The van der Waals surface area contributed by atoms with Crippen molar-refractivity contribution in [1.29, 1.82) is 0 Å². The van der Waals surface area contributed by atoms with Crippen LogP contribution in [0.15, 0.2) is 24.3 Å². The molecule has 4 heteroatoms. The molecule has 1 aliphatic carbocycles. The first-order valence-corrected chi connectivity index (χ1v) is 6.81. The number of anilines is 2. The van der Waals surface area contributed by atoms with Gasteiger partial charge in [0.15, 0.2) is 0 Å². The van der Waals surface area contributed by atoms with Gasteiger partial charge in [-0.3, -0.25) is 9.69 Å². The number of benzene rings is 1. The molecule has 0 heterocycles. The molecule has 1 saturated carbocycles. The fraction of sp³-hybridized carbons (Fsp3) is 0.533. The van der Waals surface area contributed by atoms with Crippen molar-refractivity contribution in [2.75, 3.05) is 31.3 Å². The fourth-order valence-corrected chi connectivity index (χ4v) is 2.24. The lowest BCUT2D eigenvalue weighted by Gasteiger charge is -2.26. The van der Waals surface area contributed by atoms with E-state index in [2.05, 4.69) is 11.8 Å². The third-order valence-electron chi connectivity index (χ3n) is 4.04. The number of carbonyl (C=O) groups is 1. The summed E-state index contributed by atoms with van der Waals surface area (Å²) < 4.78 is 0. The Morgan fingerprint density at radius 2 is 1.89 bits per heavy atom. The number of rotatable bonds is 5. The summed E-state index contributed by atoms with van der Waals surface area (Å²) in [7, 11) is 3.83. The van der Waals surface area contributed by atoms with Crippen LogP contribution < -0.4 is 10.6 Å². The third-order valence-corrected chi connectivity index (χ3v) is 4.04. The molecule has 104 valence electrons. The van der Waals surface area contributed by atoms with Gasteiger partial charge in [-0.25, -0.2) is 0 Å². The van der Waals surface area contributed by atoms with Gasteiger partial charge in [-0.2, -0.15) is 0 Å². The van der Waals surface area contributed by atoms with Gasteiger partial charge in [0.2, 0.25) is 5.91 Å². The molecule has 0 bridgehead atoms.